The molecule has 0 radical (unpaired) electrons. The fourth-order valence-electron chi connectivity index (χ4n) is 3.25. The number of ether oxygens (including phenoxy) is 2. The van der Waals surface area contributed by atoms with Crippen LogP contribution in [0.2, 0.25) is 0 Å². The molecule has 1 aliphatic heterocycles. The standard InChI is InChI=1S/C25H21NO5S2/c1-3-30-24(28)18-8-6-17(7-9-18)21-13-12-20(31-21)14-22-23(27)26(25(32)33-22)15-16-4-10-19(29-2)11-5-16/h4-14H,3,15H2,1-2H3. The molecule has 1 aromatic heterocycles. The van der Waals surface area contributed by atoms with Gasteiger partial charge in [-0.15, -0.1) is 0 Å². The van der Waals surface area contributed by atoms with Gasteiger partial charge in [-0.05, 0) is 48.9 Å². The minimum Gasteiger partial charge on any atom is -0.497 e. The number of esters is 1. The van der Waals surface area contributed by atoms with Crippen LogP contribution >= 0.6 is 24.0 Å². The Balaban J connectivity index is 1.46. The summed E-state index contributed by atoms with van der Waals surface area (Å²) in [6.45, 7) is 2.49. The van der Waals surface area contributed by atoms with E-state index in [2.05, 4.69) is 0 Å². The van der Waals surface area contributed by atoms with Gasteiger partial charge >= 0.3 is 5.97 Å². The minimum absolute atomic E-state index is 0.155. The molecule has 8 heteroatoms. The van der Waals surface area contributed by atoms with Crippen molar-refractivity contribution in [1.82, 2.24) is 4.90 Å². The zero-order chi connectivity index (χ0) is 23.4. The molecule has 1 saturated heterocycles. The van der Waals surface area contributed by atoms with Gasteiger partial charge in [0.2, 0.25) is 0 Å². The number of hydrogen-bond acceptors (Lipinski definition) is 7. The van der Waals surface area contributed by atoms with E-state index in [1.807, 2.05) is 30.3 Å². The third-order valence-electron chi connectivity index (χ3n) is 4.95. The maximum absolute atomic E-state index is 12.9. The quantitative estimate of drug-likeness (QED) is 0.251. The van der Waals surface area contributed by atoms with Gasteiger partial charge in [-0.1, -0.05) is 48.2 Å². The van der Waals surface area contributed by atoms with Crippen molar-refractivity contribution in [2.45, 2.75) is 13.5 Å². The molecule has 0 N–H and O–H groups in total. The van der Waals surface area contributed by atoms with Crippen LogP contribution in [-0.4, -0.2) is 34.8 Å². The SMILES string of the molecule is CCOC(=O)c1ccc(-c2ccc(C=C3SC(=S)N(Cc4ccc(OC)cc4)C3=O)o2)cc1. The Bertz CT molecular complexity index is 1210. The van der Waals surface area contributed by atoms with Crippen LogP contribution in [0.3, 0.4) is 0 Å². The largest absolute Gasteiger partial charge is 0.497 e. The summed E-state index contributed by atoms with van der Waals surface area (Å²) in [6.07, 6.45) is 1.70. The van der Waals surface area contributed by atoms with Crippen molar-refractivity contribution >= 4 is 46.3 Å². The van der Waals surface area contributed by atoms with Gasteiger partial charge in [0.1, 0.15) is 21.6 Å². The molecule has 6 nitrogen and oxygen atoms in total. The predicted molar refractivity (Wildman–Crippen MR) is 132 cm³/mol. The summed E-state index contributed by atoms with van der Waals surface area (Å²) in [4.78, 5) is 26.8. The number of thioether (sulfide) groups is 1. The third kappa shape index (κ3) is 5.18. The van der Waals surface area contributed by atoms with Gasteiger partial charge in [0.25, 0.3) is 5.91 Å². The van der Waals surface area contributed by atoms with Crippen LogP contribution in [0, 0.1) is 0 Å². The van der Waals surface area contributed by atoms with Gasteiger partial charge in [0.05, 0.1) is 30.7 Å². The van der Waals surface area contributed by atoms with Gasteiger partial charge in [0, 0.05) is 11.6 Å². The minimum atomic E-state index is -0.360. The number of thiocarbonyl (C=S) groups is 1. The molecular formula is C25H21NO5S2. The first-order valence-electron chi connectivity index (χ1n) is 10.2. The molecule has 4 rings (SSSR count). The number of carbonyl (C=O) groups is 2. The Morgan fingerprint density at radius 1 is 1.09 bits per heavy atom. The van der Waals surface area contributed by atoms with Crippen LogP contribution in [0.15, 0.2) is 70.0 Å². The van der Waals surface area contributed by atoms with Crippen molar-refractivity contribution in [3.8, 4) is 17.1 Å². The van der Waals surface area contributed by atoms with Crippen LogP contribution in [0.25, 0.3) is 17.4 Å². The van der Waals surface area contributed by atoms with Crippen molar-refractivity contribution in [1.29, 1.82) is 0 Å². The Labute approximate surface area is 201 Å². The Hall–Kier alpha value is -3.36. The average Bonchev–Trinajstić information content (AvgIpc) is 3.40. The molecule has 0 spiro atoms. The van der Waals surface area contributed by atoms with E-state index in [0.29, 0.717) is 39.5 Å². The normalized spacial score (nSPS) is 14.7. The fraction of sp³-hybridized carbons (Fsp3) is 0.160. The second kappa shape index (κ2) is 10.1. The number of carbonyl (C=O) groups excluding carboxylic acids is 2. The molecule has 1 fully saturated rings. The summed E-state index contributed by atoms with van der Waals surface area (Å²) < 4.78 is 16.6. The topological polar surface area (TPSA) is 69.0 Å². The molecular weight excluding hydrogens is 458 g/mol. The lowest BCUT2D eigenvalue weighted by atomic mass is 10.1. The molecule has 168 valence electrons. The van der Waals surface area contributed by atoms with Crippen molar-refractivity contribution in [3.63, 3.8) is 0 Å². The molecule has 3 aromatic rings. The molecule has 2 aromatic carbocycles. The maximum atomic E-state index is 12.9. The highest BCUT2D eigenvalue weighted by atomic mass is 32.2. The lowest BCUT2D eigenvalue weighted by Crippen LogP contribution is -2.27. The van der Waals surface area contributed by atoms with E-state index in [1.165, 1.54) is 11.8 Å². The summed E-state index contributed by atoms with van der Waals surface area (Å²) in [5.41, 5.74) is 2.25. The first-order valence-corrected chi connectivity index (χ1v) is 11.5. The van der Waals surface area contributed by atoms with E-state index in [0.717, 1.165) is 16.9 Å². The maximum Gasteiger partial charge on any atom is 0.338 e. The van der Waals surface area contributed by atoms with Gasteiger partial charge in [-0.2, -0.15) is 0 Å². The highest BCUT2D eigenvalue weighted by Crippen LogP contribution is 2.34. The summed E-state index contributed by atoms with van der Waals surface area (Å²) in [6, 6.07) is 18.1. The number of furan rings is 1. The Kier molecular flexibility index (Phi) is 6.96. The van der Waals surface area contributed by atoms with Gasteiger partial charge in [-0.25, -0.2) is 4.79 Å². The number of amides is 1. The van der Waals surface area contributed by atoms with E-state index >= 15 is 0 Å². The molecule has 1 amide bonds. The van der Waals surface area contributed by atoms with Crippen LogP contribution in [-0.2, 0) is 16.1 Å². The molecule has 0 atom stereocenters. The molecule has 0 bridgehead atoms. The van der Waals surface area contributed by atoms with Crippen molar-refractivity contribution in [3.05, 3.63) is 82.5 Å². The molecule has 0 saturated carbocycles. The zero-order valence-corrected chi connectivity index (χ0v) is 19.7. The Morgan fingerprint density at radius 2 is 1.82 bits per heavy atom. The highest BCUT2D eigenvalue weighted by molar-refractivity contribution is 8.26. The molecule has 1 aliphatic rings. The van der Waals surface area contributed by atoms with Crippen LogP contribution in [0.4, 0.5) is 0 Å². The number of hydrogen-bond donors (Lipinski definition) is 0. The second-order valence-electron chi connectivity index (χ2n) is 7.12. The van der Waals surface area contributed by atoms with Gasteiger partial charge < -0.3 is 13.9 Å². The lowest BCUT2D eigenvalue weighted by Gasteiger charge is -2.14. The summed E-state index contributed by atoms with van der Waals surface area (Å²) in [5, 5.41) is 0. The smallest absolute Gasteiger partial charge is 0.338 e. The first kappa shape index (κ1) is 22.8. The average molecular weight is 480 g/mol. The summed E-state index contributed by atoms with van der Waals surface area (Å²) in [5.74, 6) is 1.42. The highest BCUT2D eigenvalue weighted by Gasteiger charge is 2.32. The number of nitrogens with zero attached hydrogens (tertiary/aromatic N) is 1. The predicted octanol–water partition coefficient (Wildman–Crippen LogP) is 5.53. The molecule has 0 unspecified atom stereocenters. The van der Waals surface area contributed by atoms with E-state index < -0.39 is 0 Å². The third-order valence-corrected chi connectivity index (χ3v) is 6.33. The van der Waals surface area contributed by atoms with Crippen LogP contribution in [0.5, 0.6) is 5.75 Å². The lowest BCUT2D eigenvalue weighted by molar-refractivity contribution is -0.122. The van der Waals surface area contributed by atoms with Crippen molar-refractivity contribution < 1.29 is 23.5 Å². The molecule has 33 heavy (non-hydrogen) atoms. The van der Waals surface area contributed by atoms with Crippen LogP contribution < -0.4 is 4.74 Å². The van der Waals surface area contributed by atoms with E-state index in [-0.39, 0.29) is 11.9 Å². The van der Waals surface area contributed by atoms with Crippen LogP contribution in [0.1, 0.15) is 28.6 Å². The Morgan fingerprint density at radius 3 is 2.48 bits per heavy atom. The first-order chi connectivity index (χ1) is 16.0. The monoisotopic (exact) mass is 479 g/mol. The summed E-state index contributed by atoms with van der Waals surface area (Å²) in [7, 11) is 1.61. The van der Waals surface area contributed by atoms with Gasteiger partial charge in [0.15, 0.2) is 0 Å². The zero-order valence-electron chi connectivity index (χ0n) is 18.1. The molecule has 0 aliphatic carbocycles. The fourth-order valence-corrected chi connectivity index (χ4v) is 4.48. The van der Waals surface area contributed by atoms with Gasteiger partial charge in [-0.3, -0.25) is 9.69 Å². The van der Waals surface area contributed by atoms with E-state index in [4.69, 9.17) is 26.1 Å². The summed E-state index contributed by atoms with van der Waals surface area (Å²) >= 11 is 6.68. The number of rotatable bonds is 7. The van der Waals surface area contributed by atoms with Crippen molar-refractivity contribution in [2.24, 2.45) is 0 Å². The number of methoxy groups -OCH3 is 1. The second-order valence-corrected chi connectivity index (χ2v) is 8.79. The van der Waals surface area contributed by atoms with E-state index in [1.54, 1.807) is 55.3 Å². The van der Waals surface area contributed by atoms with Crippen molar-refractivity contribution in [2.75, 3.05) is 13.7 Å². The molecule has 2 heterocycles. The number of benzene rings is 2. The van der Waals surface area contributed by atoms with E-state index in [9.17, 15) is 9.59 Å².